The minimum Gasteiger partial charge on any atom is -0.478 e. The van der Waals surface area contributed by atoms with Gasteiger partial charge < -0.3 is 10.2 Å². The van der Waals surface area contributed by atoms with Crippen LogP contribution in [0.4, 0.5) is 0 Å². The molecule has 1 aromatic carbocycles. The first-order valence-electron chi connectivity index (χ1n) is 6.34. The molecule has 0 aliphatic heterocycles. The van der Waals surface area contributed by atoms with Gasteiger partial charge in [-0.3, -0.25) is 4.79 Å². The van der Waals surface area contributed by atoms with Crippen LogP contribution < -0.4 is 0 Å². The summed E-state index contributed by atoms with van der Waals surface area (Å²) in [6, 6.07) is 7.10. The van der Waals surface area contributed by atoms with Crippen LogP contribution >= 0.6 is 0 Å². The summed E-state index contributed by atoms with van der Waals surface area (Å²) in [4.78, 5) is 20.8. The summed E-state index contributed by atoms with van der Waals surface area (Å²) < 4.78 is 0. The summed E-state index contributed by atoms with van der Waals surface area (Å²) >= 11 is 0. The maximum absolute atomic E-state index is 10.5. The predicted octanol–water partition coefficient (Wildman–Crippen LogP) is 2.54. The number of aliphatic carboxylic acids is 1. The lowest BCUT2D eigenvalue weighted by Gasteiger charge is -2.13. The van der Waals surface area contributed by atoms with Crippen molar-refractivity contribution < 1.29 is 19.8 Å². The molecule has 0 heterocycles. The molecule has 0 aromatic heterocycles. The van der Waals surface area contributed by atoms with Gasteiger partial charge in [-0.2, -0.15) is 0 Å². The van der Waals surface area contributed by atoms with E-state index in [1.165, 1.54) is 6.08 Å². The van der Waals surface area contributed by atoms with E-state index in [1.54, 1.807) is 12.1 Å². The highest BCUT2D eigenvalue weighted by Crippen LogP contribution is 2.12. The van der Waals surface area contributed by atoms with Crippen molar-refractivity contribution >= 4 is 18.3 Å². The fraction of sp³-hybridized carbons (Fsp3) is 0.250. The van der Waals surface area contributed by atoms with Gasteiger partial charge in [0.1, 0.15) is 6.29 Å². The van der Waals surface area contributed by atoms with Crippen molar-refractivity contribution in [3.05, 3.63) is 53.6 Å². The van der Waals surface area contributed by atoms with Gasteiger partial charge >= 0.3 is 5.97 Å². The highest BCUT2D eigenvalue weighted by molar-refractivity contribution is 5.79. The van der Waals surface area contributed by atoms with Crippen LogP contribution in [-0.2, 0) is 4.79 Å². The molecule has 0 amide bonds. The number of aliphatic hydroxyl groups is 1. The fourth-order valence-electron chi connectivity index (χ4n) is 1.60. The molecule has 0 saturated carbocycles. The fourth-order valence-corrected chi connectivity index (χ4v) is 1.60. The average Bonchev–Trinajstić information content (AvgIpc) is 2.44. The van der Waals surface area contributed by atoms with Crippen LogP contribution in [0, 0.1) is 5.92 Å². The van der Waals surface area contributed by atoms with E-state index in [4.69, 9.17) is 5.11 Å². The van der Waals surface area contributed by atoms with Crippen molar-refractivity contribution in [2.75, 3.05) is 0 Å². The van der Waals surface area contributed by atoms with Crippen molar-refractivity contribution in [3.63, 3.8) is 0 Å². The van der Waals surface area contributed by atoms with Crippen LogP contribution in [0.1, 0.15) is 29.3 Å². The van der Waals surface area contributed by atoms with Crippen LogP contribution in [-0.4, -0.2) is 28.6 Å². The van der Waals surface area contributed by atoms with E-state index in [2.05, 4.69) is 0 Å². The normalized spacial score (nSPS) is 14.5. The second kappa shape index (κ2) is 8.07. The third-order valence-corrected chi connectivity index (χ3v) is 2.91. The van der Waals surface area contributed by atoms with Crippen molar-refractivity contribution in [1.29, 1.82) is 0 Å². The molecule has 4 nitrogen and oxygen atoms in total. The van der Waals surface area contributed by atoms with Crippen molar-refractivity contribution in [3.8, 4) is 0 Å². The first kappa shape index (κ1) is 15.9. The SMILES string of the molecule is CC(/C=C/c1ccc(C=O)cc1)C(O)C/C=C/C(=O)O. The highest BCUT2D eigenvalue weighted by Gasteiger charge is 2.09. The maximum atomic E-state index is 10.5. The number of carbonyl (C=O) groups excluding carboxylic acids is 1. The van der Waals surface area contributed by atoms with Gasteiger partial charge in [-0.25, -0.2) is 4.79 Å². The third kappa shape index (κ3) is 5.63. The van der Waals surface area contributed by atoms with Crippen LogP contribution in [0.15, 0.2) is 42.5 Å². The molecule has 2 unspecified atom stereocenters. The lowest BCUT2D eigenvalue weighted by atomic mass is 10.00. The number of carboxylic acids is 1. The minimum atomic E-state index is -1.02. The van der Waals surface area contributed by atoms with Crippen LogP contribution in [0.5, 0.6) is 0 Å². The molecule has 0 fully saturated rings. The van der Waals surface area contributed by atoms with E-state index >= 15 is 0 Å². The van der Waals surface area contributed by atoms with E-state index in [0.29, 0.717) is 12.0 Å². The van der Waals surface area contributed by atoms with Crippen LogP contribution in [0.2, 0.25) is 0 Å². The topological polar surface area (TPSA) is 74.6 Å². The molecule has 1 rings (SSSR count). The Balaban J connectivity index is 2.54. The number of hydrogen-bond donors (Lipinski definition) is 2. The van der Waals surface area contributed by atoms with Gasteiger partial charge in [0, 0.05) is 17.6 Å². The van der Waals surface area contributed by atoms with Gasteiger partial charge in [0.15, 0.2) is 0 Å². The molecule has 0 saturated heterocycles. The van der Waals surface area contributed by atoms with E-state index in [1.807, 2.05) is 31.2 Å². The Morgan fingerprint density at radius 3 is 2.40 bits per heavy atom. The zero-order valence-corrected chi connectivity index (χ0v) is 11.3. The van der Waals surface area contributed by atoms with Crippen molar-refractivity contribution in [2.45, 2.75) is 19.4 Å². The van der Waals surface area contributed by atoms with Crippen molar-refractivity contribution in [2.24, 2.45) is 5.92 Å². The summed E-state index contributed by atoms with van der Waals surface area (Å²) in [5.41, 5.74) is 1.56. The molecule has 2 N–H and O–H groups in total. The summed E-state index contributed by atoms with van der Waals surface area (Å²) in [5.74, 6) is -1.12. The Hall–Kier alpha value is -2.20. The number of carbonyl (C=O) groups is 2. The molecule has 0 aliphatic carbocycles. The number of aldehydes is 1. The summed E-state index contributed by atoms with van der Waals surface area (Å²) in [6.45, 7) is 1.86. The quantitative estimate of drug-likeness (QED) is 0.592. The number of hydrogen-bond acceptors (Lipinski definition) is 3. The highest BCUT2D eigenvalue weighted by atomic mass is 16.4. The lowest BCUT2D eigenvalue weighted by Crippen LogP contribution is -2.14. The molecular formula is C16H18O4. The van der Waals surface area contributed by atoms with Gasteiger partial charge in [-0.05, 0) is 12.0 Å². The zero-order valence-electron chi connectivity index (χ0n) is 11.3. The van der Waals surface area contributed by atoms with E-state index in [0.717, 1.165) is 17.9 Å². The molecule has 20 heavy (non-hydrogen) atoms. The number of aliphatic hydroxyl groups excluding tert-OH is 1. The molecular weight excluding hydrogens is 256 g/mol. The Morgan fingerprint density at radius 1 is 1.25 bits per heavy atom. The number of benzene rings is 1. The van der Waals surface area contributed by atoms with E-state index in [-0.39, 0.29) is 5.92 Å². The van der Waals surface area contributed by atoms with Gasteiger partial charge in [-0.1, -0.05) is 49.4 Å². The van der Waals surface area contributed by atoms with Crippen LogP contribution in [0.25, 0.3) is 6.08 Å². The van der Waals surface area contributed by atoms with Gasteiger partial charge in [0.05, 0.1) is 6.10 Å². The zero-order chi connectivity index (χ0) is 15.0. The molecule has 0 bridgehead atoms. The molecule has 0 aliphatic rings. The molecule has 0 spiro atoms. The maximum Gasteiger partial charge on any atom is 0.327 e. The Labute approximate surface area is 118 Å². The van der Waals surface area contributed by atoms with Gasteiger partial charge in [0.25, 0.3) is 0 Å². The summed E-state index contributed by atoms with van der Waals surface area (Å²) in [6.07, 6.45) is 6.64. The standard InChI is InChI=1S/C16H18O4/c1-12(15(18)3-2-4-16(19)20)5-6-13-7-9-14(11-17)10-8-13/h2,4-12,15,18H,3H2,1H3,(H,19,20)/b4-2+,6-5+. The second-order valence-corrected chi connectivity index (χ2v) is 4.55. The first-order chi connectivity index (χ1) is 9.52. The minimum absolute atomic E-state index is 0.0980. The van der Waals surface area contributed by atoms with E-state index < -0.39 is 12.1 Å². The first-order valence-corrected chi connectivity index (χ1v) is 6.34. The third-order valence-electron chi connectivity index (χ3n) is 2.91. The molecule has 2 atom stereocenters. The largest absolute Gasteiger partial charge is 0.478 e. The van der Waals surface area contributed by atoms with Crippen molar-refractivity contribution in [1.82, 2.24) is 0 Å². The molecule has 106 valence electrons. The Kier molecular flexibility index (Phi) is 6.40. The molecule has 1 aromatic rings. The summed E-state index contributed by atoms with van der Waals surface area (Å²) in [7, 11) is 0. The summed E-state index contributed by atoms with van der Waals surface area (Å²) in [5, 5.41) is 18.3. The van der Waals surface area contributed by atoms with Gasteiger partial charge in [0.2, 0.25) is 0 Å². The van der Waals surface area contributed by atoms with Crippen LogP contribution in [0.3, 0.4) is 0 Å². The molecule has 4 heteroatoms. The Morgan fingerprint density at radius 2 is 1.85 bits per heavy atom. The number of carboxylic acid groups (broad SMARTS) is 1. The Bertz CT molecular complexity index is 500. The molecule has 0 radical (unpaired) electrons. The average molecular weight is 274 g/mol. The monoisotopic (exact) mass is 274 g/mol. The van der Waals surface area contributed by atoms with Gasteiger partial charge in [-0.15, -0.1) is 0 Å². The predicted molar refractivity (Wildman–Crippen MR) is 77.4 cm³/mol. The lowest BCUT2D eigenvalue weighted by molar-refractivity contribution is -0.131. The second-order valence-electron chi connectivity index (χ2n) is 4.55. The van der Waals surface area contributed by atoms with E-state index in [9.17, 15) is 14.7 Å². The number of rotatable bonds is 7. The smallest absolute Gasteiger partial charge is 0.327 e.